The second-order valence-corrected chi connectivity index (χ2v) is 5.00. The van der Waals surface area contributed by atoms with Crippen LogP contribution in [0.2, 0.25) is 0 Å². The first kappa shape index (κ1) is 10.3. The lowest BCUT2D eigenvalue weighted by Gasteiger charge is -2.18. The Bertz CT molecular complexity index is 362. The van der Waals surface area contributed by atoms with Gasteiger partial charge in [0, 0.05) is 5.56 Å². The fraction of sp³-hybridized carbons (Fsp3) is 0.571. The van der Waals surface area contributed by atoms with Gasteiger partial charge in [0.05, 0.1) is 13.2 Å². The maximum Gasteiger partial charge on any atom is 0.183 e. The van der Waals surface area contributed by atoms with Crippen molar-refractivity contribution in [1.82, 2.24) is 0 Å². The summed E-state index contributed by atoms with van der Waals surface area (Å²) in [4.78, 5) is 0. The number of ether oxygens (including phenoxy) is 2. The second kappa shape index (κ2) is 3.86. The maximum atomic E-state index is 5.91. The number of rotatable bonds is 2. The van der Waals surface area contributed by atoms with Gasteiger partial charge in [0.25, 0.3) is 0 Å². The molecule has 1 aromatic carbocycles. The summed E-state index contributed by atoms with van der Waals surface area (Å²) in [6.45, 7) is 3.97. The molecule has 1 aliphatic heterocycles. The Kier molecular flexibility index (Phi) is 2.49. The molecule has 0 radical (unpaired) electrons. The van der Waals surface area contributed by atoms with Crippen LogP contribution in [0.15, 0.2) is 30.3 Å². The monoisotopic (exact) mass is 218 g/mol. The highest BCUT2D eigenvalue weighted by Crippen LogP contribution is 2.57. The van der Waals surface area contributed by atoms with Gasteiger partial charge in [-0.1, -0.05) is 37.3 Å². The van der Waals surface area contributed by atoms with Crippen molar-refractivity contribution in [3.8, 4) is 0 Å². The lowest BCUT2D eigenvalue weighted by Crippen LogP contribution is -2.12. The van der Waals surface area contributed by atoms with Crippen LogP contribution in [0.25, 0.3) is 0 Å². The molecule has 1 saturated heterocycles. The fourth-order valence-corrected chi connectivity index (χ4v) is 2.68. The van der Waals surface area contributed by atoms with Crippen LogP contribution < -0.4 is 0 Å². The highest BCUT2D eigenvalue weighted by molar-refractivity contribution is 5.16. The van der Waals surface area contributed by atoms with Gasteiger partial charge in [-0.25, -0.2) is 0 Å². The molecule has 0 amide bonds. The van der Waals surface area contributed by atoms with E-state index >= 15 is 0 Å². The molecular formula is C14H18O2. The zero-order chi connectivity index (χ0) is 11.0. The zero-order valence-corrected chi connectivity index (χ0v) is 9.69. The molecule has 2 heteroatoms. The Balaban J connectivity index is 1.72. The van der Waals surface area contributed by atoms with Gasteiger partial charge in [-0.15, -0.1) is 0 Å². The van der Waals surface area contributed by atoms with E-state index in [2.05, 4.69) is 19.1 Å². The molecule has 0 N–H and O–H groups in total. The van der Waals surface area contributed by atoms with Crippen LogP contribution in [0, 0.1) is 11.3 Å². The summed E-state index contributed by atoms with van der Waals surface area (Å²) in [5, 5.41) is 0. The number of hydrogen-bond donors (Lipinski definition) is 0. The topological polar surface area (TPSA) is 18.5 Å². The first-order chi connectivity index (χ1) is 7.84. The van der Waals surface area contributed by atoms with Crippen LogP contribution in [0.1, 0.15) is 31.6 Å². The van der Waals surface area contributed by atoms with Crippen molar-refractivity contribution in [2.24, 2.45) is 11.3 Å². The quantitative estimate of drug-likeness (QED) is 0.759. The lowest BCUT2D eigenvalue weighted by atomic mass is 10.0. The van der Waals surface area contributed by atoms with Crippen LogP contribution in [-0.4, -0.2) is 13.2 Å². The molecule has 0 bridgehead atoms. The van der Waals surface area contributed by atoms with Gasteiger partial charge in [-0.2, -0.15) is 0 Å². The average molecular weight is 218 g/mol. The third kappa shape index (κ3) is 1.66. The van der Waals surface area contributed by atoms with Gasteiger partial charge in [0.1, 0.15) is 0 Å². The molecule has 2 aliphatic rings. The van der Waals surface area contributed by atoms with Crippen molar-refractivity contribution >= 4 is 0 Å². The smallest absolute Gasteiger partial charge is 0.183 e. The molecule has 1 heterocycles. The summed E-state index contributed by atoms with van der Waals surface area (Å²) >= 11 is 0. The molecular weight excluding hydrogens is 200 g/mol. The van der Waals surface area contributed by atoms with Gasteiger partial charge in [-0.05, 0) is 24.2 Å². The van der Waals surface area contributed by atoms with Gasteiger partial charge in [0.15, 0.2) is 6.29 Å². The summed E-state index contributed by atoms with van der Waals surface area (Å²) in [6, 6.07) is 10.2. The number of benzene rings is 1. The van der Waals surface area contributed by atoms with Gasteiger partial charge >= 0.3 is 0 Å². The molecule has 1 saturated carbocycles. The van der Waals surface area contributed by atoms with Crippen molar-refractivity contribution < 1.29 is 9.47 Å². The molecule has 2 fully saturated rings. The summed E-state index contributed by atoms with van der Waals surface area (Å²) in [7, 11) is 0. The van der Waals surface area contributed by atoms with E-state index in [9.17, 15) is 0 Å². The standard InChI is InChI=1S/C14H18O2/c1-2-14-8-12(14)9-15-13(16-10-14)11-6-4-3-5-7-11/h3-7,12-13H,2,8-10H2,1H3. The Morgan fingerprint density at radius 3 is 2.81 bits per heavy atom. The molecule has 3 atom stereocenters. The zero-order valence-electron chi connectivity index (χ0n) is 9.69. The third-order valence-electron chi connectivity index (χ3n) is 4.11. The highest BCUT2D eigenvalue weighted by Gasteiger charge is 2.54. The summed E-state index contributed by atoms with van der Waals surface area (Å²) in [5.41, 5.74) is 1.57. The normalized spacial score (nSPS) is 37.6. The second-order valence-electron chi connectivity index (χ2n) is 5.00. The van der Waals surface area contributed by atoms with Crippen molar-refractivity contribution in [2.45, 2.75) is 26.1 Å². The lowest BCUT2D eigenvalue weighted by molar-refractivity contribution is -0.141. The molecule has 16 heavy (non-hydrogen) atoms. The van der Waals surface area contributed by atoms with E-state index < -0.39 is 0 Å². The van der Waals surface area contributed by atoms with Crippen molar-refractivity contribution in [3.63, 3.8) is 0 Å². The van der Waals surface area contributed by atoms with Crippen LogP contribution in [-0.2, 0) is 9.47 Å². The summed E-state index contributed by atoms with van der Waals surface area (Å²) in [5.74, 6) is 0.728. The van der Waals surface area contributed by atoms with Crippen molar-refractivity contribution in [2.75, 3.05) is 13.2 Å². The molecule has 86 valence electrons. The first-order valence-electron chi connectivity index (χ1n) is 6.12. The van der Waals surface area contributed by atoms with E-state index in [1.165, 1.54) is 12.8 Å². The Labute approximate surface area is 96.6 Å². The van der Waals surface area contributed by atoms with Crippen molar-refractivity contribution in [1.29, 1.82) is 0 Å². The largest absolute Gasteiger partial charge is 0.348 e. The minimum Gasteiger partial charge on any atom is -0.348 e. The molecule has 3 rings (SSSR count). The Morgan fingerprint density at radius 1 is 1.25 bits per heavy atom. The molecule has 0 spiro atoms. The SMILES string of the molecule is CCC12COC(c3ccccc3)OCC1C2. The van der Waals surface area contributed by atoms with E-state index in [0.29, 0.717) is 5.41 Å². The van der Waals surface area contributed by atoms with Crippen LogP contribution in [0.5, 0.6) is 0 Å². The summed E-state index contributed by atoms with van der Waals surface area (Å²) in [6.07, 6.45) is 2.34. The predicted molar refractivity (Wildman–Crippen MR) is 61.9 cm³/mol. The van der Waals surface area contributed by atoms with Gasteiger partial charge in [-0.3, -0.25) is 0 Å². The molecule has 0 aromatic heterocycles. The van der Waals surface area contributed by atoms with Crippen LogP contribution >= 0.6 is 0 Å². The highest BCUT2D eigenvalue weighted by atomic mass is 16.7. The fourth-order valence-electron chi connectivity index (χ4n) is 2.68. The number of fused-ring (bicyclic) bond motifs is 1. The van der Waals surface area contributed by atoms with E-state index in [1.807, 2.05) is 18.2 Å². The minimum absolute atomic E-state index is 0.155. The first-order valence-corrected chi connectivity index (χ1v) is 6.12. The van der Waals surface area contributed by atoms with E-state index in [1.54, 1.807) is 0 Å². The molecule has 2 nitrogen and oxygen atoms in total. The van der Waals surface area contributed by atoms with Crippen LogP contribution in [0.3, 0.4) is 0 Å². The Hall–Kier alpha value is -0.860. The maximum absolute atomic E-state index is 5.91. The van der Waals surface area contributed by atoms with Gasteiger partial charge < -0.3 is 9.47 Å². The molecule has 1 aliphatic carbocycles. The van der Waals surface area contributed by atoms with E-state index in [4.69, 9.17) is 9.47 Å². The van der Waals surface area contributed by atoms with Crippen molar-refractivity contribution in [3.05, 3.63) is 35.9 Å². The van der Waals surface area contributed by atoms with E-state index in [0.717, 1.165) is 24.7 Å². The molecule has 1 aromatic rings. The average Bonchev–Trinajstić information content (AvgIpc) is 3.04. The van der Waals surface area contributed by atoms with E-state index in [-0.39, 0.29) is 6.29 Å². The predicted octanol–water partition coefficient (Wildman–Crippen LogP) is 3.15. The Morgan fingerprint density at radius 2 is 2.06 bits per heavy atom. The molecule has 3 unspecified atom stereocenters. The summed E-state index contributed by atoms with van der Waals surface area (Å²) < 4.78 is 11.8. The third-order valence-corrected chi connectivity index (χ3v) is 4.11. The number of hydrogen-bond acceptors (Lipinski definition) is 2. The minimum atomic E-state index is -0.155. The van der Waals surface area contributed by atoms with Gasteiger partial charge in [0.2, 0.25) is 0 Å². The van der Waals surface area contributed by atoms with Crippen LogP contribution in [0.4, 0.5) is 0 Å².